The van der Waals surface area contributed by atoms with Gasteiger partial charge in [0.05, 0.1) is 12.7 Å². The van der Waals surface area contributed by atoms with Crippen molar-refractivity contribution in [1.29, 1.82) is 0 Å². The number of hydrogen-bond donors (Lipinski definition) is 2. The minimum absolute atomic E-state index is 0.000941. The van der Waals surface area contributed by atoms with E-state index in [9.17, 15) is 10.3 Å². The minimum atomic E-state index is 0.000941. The Labute approximate surface area is 86.0 Å². The van der Waals surface area contributed by atoms with Gasteiger partial charge in [-0.25, -0.2) is 4.98 Å². The Morgan fingerprint density at radius 1 is 1.57 bits per heavy atom. The predicted octanol–water partition coefficient (Wildman–Crippen LogP) is 2.10. The highest BCUT2D eigenvalue weighted by atomic mass is 35.5. The Hall–Kier alpha value is -1.26. The molecule has 0 bridgehead atoms. The molecule has 0 saturated heterocycles. The molecule has 0 saturated carbocycles. The molecule has 2 N–H and O–H groups in total. The molecule has 1 aromatic heterocycles. The van der Waals surface area contributed by atoms with Crippen LogP contribution in [0.25, 0.3) is 5.76 Å². The maximum absolute atomic E-state index is 9.52. The van der Waals surface area contributed by atoms with Crippen LogP contribution in [-0.4, -0.2) is 20.4 Å². The number of pyridine rings is 1. The summed E-state index contributed by atoms with van der Waals surface area (Å²) in [4.78, 5) is 3.93. The summed E-state index contributed by atoms with van der Waals surface area (Å²) in [6.45, 7) is 2.12. The van der Waals surface area contributed by atoms with Crippen LogP contribution in [0.1, 0.15) is 16.7 Å². The van der Waals surface area contributed by atoms with Crippen molar-refractivity contribution < 1.29 is 10.3 Å². The molecule has 0 amide bonds. The Balaban J connectivity index is 2.63. The highest BCUT2D eigenvalue weighted by Gasteiger charge is 2.19. The first-order valence-electron chi connectivity index (χ1n) is 4.10. The van der Waals surface area contributed by atoms with E-state index >= 15 is 0 Å². The van der Waals surface area contributed by atoms with Gasteiger partial charge in [0.1, 0.15) is 10.9 Å². The van der Waals surface area contributed by atoms with Crippen LogP contribution >= 0.6 is 11.6 Å². The van der Waals surface area contributed by atoms with E-state index in [1.165, 1.54) is 12.4 Å². The summed E-state index contributed by atoms with van der Waals surface area (Å²) in [5, 5.41) is 20.1. The average molecular weight is 213 g/mol. The minimum Gasteiger partial charge on any atom is -0.506 e. The van der Waals surface area contributed by atoms with Crippen molar-refractivity contribution in [3.63, 3.8) is 0 Å². The number of halogens is 1. The molecule has 2 rings (SSSR count). The first kappa shape index (κ1) is 9.30. The number of aliphatic hydroxyl groups excluding tert-OH is 1. The van der Waals surface area contributed by atoms with E-state index < -0.39 is 0 Å². The van der Waals surface area contributed by atoms with Crippen LogP contribution in [0.5, 0.6) is 0 Å². The molecule has 4 nitrogen and oxygen atoms in total. The summed E-state index contributed by atoms with van der Waals surface area (Å²) in [7, 11) is 0. The van der Waals surface area contributed by atoms with E-state index in [1.807, 2.05) is 0 Å². The zero-order valence-corrected chi connectivity index (χ0v) is 8.28. The van der Waals surface area contributed by atoms with Crippen LogP contribution in [-0.2, 0) is 6.54 Å². The number of aromatic nitrogens is 1. The summed E-state index contributed by atoms with van der Waals surface area (Å²) >= 11 is 5.83. The molecule has 5 heteroatoms. The summed E-state index contributed by atoms with van der Waals surface area (Å²) in [6.07, 6.45) is 2.75. The number of nitrogens with zero attached hydrogens (tertiary/aromatic N) is 2. The molecule has 1 aliphatic rings. The van der Waals surface area contributed by atoms with Gasteiger partial charge < -0.3 is 5.11 Å². The van der Waals surface area contributed by atoms with Gasteiger partial charge in [-0.15, -0.1) is 0 Å². The van der Waals surface area contributed by atoms with E-state index in [-0.39, 0.29) is 5.76 Å². The van der Waals surface area contributed by atoms with Crippen molar-refractivity contribution in [1.82, 2.24) is 10.0 Å². The average Bonchev–Trinajstić information content (AvgIpc) is 2.12. The number of fused-ring (bicyclic) bond motifs is 1. The first-order chi connectivity index (χ1) is 6.59. The third-order valence-corrected chi connectivity index (χ3v) is 2.64. The van der Waals surface area contributed by atoms with Gasteiger partial charge in [-0.2, -0.15) is 0 Å². The van der Waals surface area contributed by atoms with Gasteiger partial charge in [-0.1, -0.05) is 11.6 Å². The molecule has 74 valence electrons. The van der Waals surface area contributed by atoms with Gasteiger partial charge in [-0.3, -0.25) is 10.3 Å². The summed E-state index contributed by atoms with van der Waals surface area (Å²) in [6, 6.07) is 0. The van der Waals surface area contributed by atoms with Crippen LogP contribution in [0.3, 0.4) is 0 Å². The maximum Gasteiger partial charge on any atom is 0.142 e. The molecule has 0 aliphatic carbocycles. The largest absolute Gasteiger partial charge is 0.506 e. The summed E-state index contributed by atoms with van der Waals surface area (Å²) < 4.78 is 0. The Morgan fingerprint density at radius 2 is 2.29 bits per heavy atom. The SMILES string of the molecule is Cc1c(Cl)ncc2c1CN(O)C=C2O. The van der Waals surface area contributed by atoms with Gasteiger partial charge in [0.2, 0.25) is 0 Å². The topological polar surface area (TPSA) is 56.6 Å². The second-order valence-electron chi connectivity index (χ2n) is 3.18. The zero-order chi connectivity index (χ0) is 10.3. The normalized spacial score (nSPS) is 15.1. The first-order valence-corrected chi connectivity index (χ1v) is 4.48. The van der Waals surface area contributed by atoms with Gasteiger partial charge in [-0.05, 0) is 18.1 Å². The molecule has 0 atom stereocenters. The monoisotopic (exact) mass is 212 g/mol. The highest BCUT2D eigenvalue weighted by Crippen LogP contribution is 2.28. The highest BCUT2D eigenvalue weighted by molar-refractivity contribution is 6.30. The summed E-state index contributed by atoms with van der Waals surface area (Å²) in [5.74, 6) is 0.000941. The number of hydrogen-bond acceptors (Lipinski definition) is 4. The van der Waals surface area contributed by atoms with Gasteiger partial charge in [0.15, 0.2) is 0 Å². The number of hydroxylamine groups is 2. The van der Waals surface area contributed by atoms with Crippen LogP contribution in [0, 0.1) is 6.92 Å². The second-order valence-corrected chi connectivity index (χ2v) is 3.54. The lowest BCUT2D eigenvalue weighted by atomic mass is 10.0. The van der Waals surface area contributed by atoms with Crippen molar-refractivity contribution in [2.24, 2.45) is 0 Å². The van der Waals surface area contributed by atoms with E-state index in [1.54, 1.807) is 6.92 Å². The van der Waals surface area contributed by atoms with E-state index in [0.717, 1.165) is 16.2 Å². The Morgan fingerprint density at radius 3 is 3.00 bits per heavy atom. The van der Waals surface area contributed by atoms with Crippen molar-refractivity contribution >= 4 is 17.4 Å². The smallest absolute Gasteiger partial charge is 0.142 e. The lowest BCUT2D eigenvalue weighted by molar-refractivity contribution is -0.0518. The quantitative estimate of drug-likeness (QED) is 0.647. The van der Waals surface area contributed by atoms with Crippen molar-refractivity contribution in [3.05, 3.63) is 34.2 Å². The van der Waals surface area contributed by atoms with Crippen LogP contribution in [0.15, 0.2) is 12.4 Å². The molecule has 0 spiro atoms. The predicted molar refractivity (Wildman–Crippen MR) is 51.9 cm³/mol. The lowest BCUT2D eigenvalue weighted by Crippen LogP contribution is -2.19. The standard InChI is InChI=1S/C9H9ClN2O2/c1-5-7-3-12(14)4-8(13)6(7)2-11-9(5)10/h2,4,13-14H,3H2,1H3. The van der Waals surface area contributed by atoms with Crippen LogP contribution in [0.4, 0.5) is 0 Å². The molecule has 1 aromatic rings. The van der Waals surface area contributed by atoms with Gasteiger partial charge in [0.25, 0.3) is 0 Å². The molecule has 14 heavy (non-hydrogen) atoms. The molecule has 2 heterocycles. The molecular formula is C9H9ClN2O2. The molecule has 0 radical (unpaired) electrons. The Bertz CT molecular complexity index is 418. The van der Waals surface area contributed by atoms with Crippen molar-refractivity contribution in [2.75, 3.05) is 0 Å². The third-order valence-electron chi connectivity index (χ3n) is 2.26. The lowest BCUT2D eigenvalue weighted by Gasteiger charge is -2.22. The zero-order valence-electron chi connectivity index (χ0n) is 7.53. The summed E-state index contributed by atoms with van der Waals surface area (Å²) in [5.41, 5.74) is 2.20. The number of rotatable bonds is 0. The van der Waals surface area contributed by atoms with Gasteiger partial charge in [0, 0.05) is 11.8 Å². The van der Waals surface area contributed by atoms with Crippen LogP contribution in [0.2, 0.25) is 5.15 Å². The second kappa shape index (κ2) is 3.15. The number of aliphatic hydroxyl groups is 1. The van der Waals surface area contributed by atoms with Gasteiger partial charge >= 0.3 is 0 Å². The fourth-order valence-electron chi connectivity index (χ4n) is 1.47. The van der Waals surface area contributed by atoms with E-state index in [2.05, 4.69) is 4.98 Å². The third kappa shape index (κ3) is 1.32. The molecule has 0 fully saturated rings. The molecule has 0 aromatic carbocycles. The molecular weight excluding hydrogens is 204 g/mol. The van der Waals surface area contributed by atoms with Crippen molar-refractivity contribution in [3.8, 4) is 0 Å². The molecule has 1 aliphatic heterocycles. The fourth-order valence-corrected chi connectivity index (χ4v) is 1.63. The fraction of sp³-hybridized carbons (Fsp3) is 0.222. The van der Waals surface area contributed by atoms with E-state index in [0.29, 0.717) is 17.3 Å². The van der Waals surface area contributed by atoms with Crippen molar-refractivity contribution in [2.45, 2.75) is 13.5 Å². The van der Waals surface area contributed by atoms with Crippen LogP contribution < -0.4 is 0 Å². The van der Waals surface area contributed by atoms with E-state index in [4.69, 9.17) is 11.6 Å². The maximum atomic E-state index is 9.52. The molecule has 0 unspecified atom stereocenters. The Kier molecular flexibility index (Phi) is 2.09.